The molecule has 0 bridgehead atoms. The molecule has 4 aromatic rings. The summed E-state index contributed by atoms with van der Waals surface area (Å²) in [7, 11) is 0. The van der Waals surface area contributed by atoms with Crippen molar-refractivity contribution in [2.75, 3.05) is 6.61 Å². The molecule has 0 aliphatic heterocycles. The highest BCUT2D eigenvalue weighted by atomic mass is 16.6. The average molecular weight is 1230 g/mol. The lowest BCUT2D eigenvalue weighted by molar-refractivity contribution is -0.194. The molecule has 4 aromatic carbocycles. The van der Waals surface area contributed by atoms with Crippen molar-refractivity contribution in [3.63, 3.8) is 0 Å². The molecule has 0 aliphatic rings. The summed E-state index contributed by atoms with van der Waals surface area (Å²) >= 11 is 0. The molecule has 496 valence electrons. The Balaban J connectivity index is 1.90. The lowest BCUT2D eigenvalue weighted by atomic mass is 9.78. The predicted molar refractivity (Wildman–Crippen MR) is 360 cm³/mol. The van der Waals surface area contributed by atoms with Gasteiger partial charge >= 0.3 is 23.9 Å². The Kier molecular flexibility index (Phi) is 23.6. The minimum atomic E-state index is -1.49. The van der Waals surface area contributed by atoms with Gasteiger partial charge in [-0.3, -0.25) is 19.2 Å². The Labute approximate surface area is 536 Å². The zero-order valence-corrected chi connectivity index (χ0v) is 60.0. The standard InChI is InChI=1S/C77H116O12/c1-69(2,3)44-58(87-61(79)33-29-47-38-52(72(10,11)12)65(83)53(39-47)73(13,14)15)68(89-63(81)35-31-49-42-56(76(22,23)24)67(85)57(43-49)77(25,26)27)59(88-62(80)34-30-48-40-54(74(16,17)18)66(84)55(41-48)75(19,20)21)45-86-60(78)32-28-46-36-50(70(4,5)6)64(82)51(37-46)71(7,8)9/h36-43,58-59,68,82-85H,28-35,44-45H2,1-27H3/t58?,59-,68+/m1/s1. The van der Waals surface area contributed by atoms with E-state index in [-0.39, 0.29) is 80.8 Å². The number of phenols is 4. The molecule has 89 heavy (non-hydrogen) atoms. The Morgan fingerprint density at radius 3 is 0.730 bits per heavy atom. The molecule has 0 spiro atoms. The van der Waals surface area contributed by atoms with E-state index in [0.29, 0.717) is 0 Å². The third-order valence-corrected chi connectivity index (χ3v) is 16.4. The number of carbonyl (C=O) groups is 4. The highest BCUT2D eigenvalue weighted by Crippen LogP contribution is 2.45. The predicted octanol–water partition coefficient (Wildman–Crippen LogP) is 17.4. The maximum atomic E-state index is 14.8. The van der Waals surface area contributed by atoms with Gasteiger partial charge in [0.05, 0.1) is 0 Å². The van der Waals surface area contributed by atoms with Crippen LogP contribution in [0.2, 0.25) is 0 Å². The molecular formula is C77H116O12. The summed E-state index contributed by atoms with van der Waals surface area (Å²) in [4.78, 5) is 58.4. The normalized spacial score (nSPS) is 14.2. The van der Waals surface area contributed by atoms with E-state index in [1.54, 1.807) is 0 Å². The first-order valence-corrected chi connectivity index (χ1v) is 32.3. The van der Waals surface area contributed by atoms with E-state index < -0.39 is 97.5 Å². The second-order valence-electron chi connectivity index (χ2n) is 34.6. The zero-order valence-electron chi connectivity index (χ0n) is 60.0. The first-order valence-electron chi connectivity index (χ1n) is 32.3. The number of aryl methyl sites for hydroxylation is 4. The van der Waals surface area contributed by atoms with Crippen LogP contribution >= 0.6 is 0 Å². The van der Waals surface area contributed by atoms with Gasteiger partial charge in [-0.05, 0) is 148 Å². The number of carbonyl (C=O) groups excluding carboxylic acids is 4. The van der Waals surface area contributed by atoms with Crippen molar-refractivity contribution in [3.05, 3.63) is 115 Å². The van der Waals surface area contributed by atoms with E-state index in [2.05, 4.69) is 0 Å². The topological polar surface area (TPSA) is 186 Å². The van der Waals surface area contributed by atoms with Gasteiger partial charge in [0.25, 0.3) is 0 Å². The van der Waals surface area contributed by atoms with Crippen LogP contribution in [-0.4, -0.2) is 69.2 Å². The van der Waals surface area contributed by atoms with Crippen LogP contribution in [0.25, 0.3) is 0 Å². The molecule has 4 N–H and O–H groups in total. The van der Waals surface area contributed by atoms with E-state index in [1.807, 2.05) is 235 Å². The van der Waals surface area contributed by atoms with Gasteiger partial charge in [0.15, 0.2) is 12.2 Å². The number of rotatable bonds is 20. The number of aromatic hydroxyl groups is 4. The summed E-state index contributed by atoms with van der Waals surface area (Å²) < 4.78 is 25.7. The number of esters is 4. The van der Waals surface area contributed by atoms with Crippen LogP contribution in [0.15, 0.2) is 48.5 Å². The van der Waals surface area contributed by atoms with Gasteiger partial charge in [-0.25, -0.2) is 0 Å². The molecule has 12 nitrogen and oxygen atoms in total. The number of hydrogen-bond donors (Lipinski definition) is 4. The second-order valence-corrected chi connectivity index (χ2v) is 34.6. The molecule has 0 heterocycles. The van der Waals surface area contributed by atoms with Crippen LogP contribution < -0.4 is 0 Å². The smallest absolute Gasteiger partial charge is 0.306 e. The van der Waals surface area contributed by atoms with Crippen molar-refractivity contribution in [1.29, 1.82) is 0 Å². The average Bonchev–Trinajstić information content (AvgIpc) is 0.876. The Morgan fingerprint density at radius 1 is 0.315 bits per heavy atom. The summed E-state index contributed by atoms with van der Waals surface area (Å²) in [6.07, 6.45) is -3.57. The fraction of sp³-hybridized carbons (Fsp3) is 0.636. The lowest BCUT2D eigenvalue weighted by Gasteiger charge is -2.35. The molecule has 1 unspecified atom stereocenters. The van der Waals surface area contributed by atoms with Gasteiger partial charge in [-0.2, -0.15) is 0 Å². The van der Waals surface area contributed by atoms with Gasteiger partial charge in [-0.1, -0.05) is 235 Å². The Morgan fingerprint density at radius 2 is 0.517 bits per heavy atom. The zero-order chi connectivity index (χ0) is 68.3. The van der Waals surface area contributed by atoms with Gasteiger partial charge in [0.1, 0.15) is 35.7 Å². The molecule has 4 rings (SSSR count). The molecule has 12 heteroatoms. The van der Waals surface area contributed by atoms with Gasteiger partial charge in [0.2, 0.25) is 0 Å². The number of ether oxygens (including phenoxy) is 4. The van der Waals surface area contributed by atoms with Gasteiger partial charge in [0, 0.05) is 25.7 Å². The summed E-state index contributed by atoms with van der Waals surface area (Å²) in [6.45, 7) is 53.9. The highest BCUT2D eigenvalue weighted by molar-refractivity contribution is 5.73. The number of benzene rings is 4. The summed E-state index contributed by atoms with van der Waals surface area (Å²) in [5, 5.41) is 46.2. The van der Waals surface area contributed by atoms with E-state index in [9.17, 15) is 39.6 Å². The quantitative estimate of drug-likeness (QED) is 0.0485. The van der Waals surface area contributed by atoms with E-state index in [4.69, 9.17) is 18.9 Å². The van der Waals surface area contributed by atoms with Crippen LogP contribution in [-0.2, 0) is 107 Å². The lowest BCUT2D eigenvalue weighted by Crippen LogP contribution is -2.49. The molecular weight excluding hydrogens is 1120 g/mol. The van der Waals surface area contributed by atoms with Crippen molar-refractivity contribution < 1.29 is 58.6 Å². The number of phenolic OH excluding ortho intramolecular Hbond substituents is 4. The van der Waals surface area contributed by atoms with Gasteiger partial charge in [-0.15, -0.1) is 0 Å². The van der Waals surface area contributed by atoms with Gasteiger partial charge < -0.3 is 39.4 Å². The molecule has 0 aromatic heterocycles. The van der Waals surface area contributed by atoms with Crippen LogP contribution in [0, 0.1) is 5.41 Å². The van der Waals surface area contributed by atoms with Crippen molar-refractivity contribution in [3.8, 4) is 23.0 Å². The van der Waals surface area contributed by atoms with Crippen molar-refractivity contribution >= 4 is 23.9 Å². The third kappa shape index (κ3) is 21.5. The van der Waals surface area contributed by atoms with Crippen LogP contribution in [0.5, 0.6) is 23.0 Å². The molecule has 0 saturated carbocycles. The summed E-state index contributed by atoms with van der Waals surface area (Å²) in [5.74, 6) is -1.73. The first kappa shape index (κ1) is 75.4. The molecule has 0 fully saturated rings. The minimum Gasteiger partial charge on any atom is -0.507 e. The first-order chi connectivity index (χ1) is 40.1. The largest absolute Gasteiger partial charge is 0.507 e. The Hall–Kier alpha value is -6.04. The summed E-state index contributed by atoms with van der Waals surface area (Å²) in [5.41, 5.74) is 5.27. The monoisotopic (exact) mass is 1230 g/mol. The van der Waals surface area contributed by atoms with E-state index >= 15 is 0 Å². The second kappa shape index (κ2) is 27.8. The van der Waals surface area contributed by atoms with E-state index in [0.717, 1.165) is 66.8 Å². The maximum absolute atomic E-state index is 14.8. The SMILES string of the molecule is CC(C)(C)CC(OC(=O)CCc1cc(C(C)(C)C)c(O)c(C(C)(C)C)c1)[C@H](OC(=O)CCc1cc(C(C)(C)C)c(O)c(C(C)(C)C)c1)[C@@H](COC(=O)CCc1cc(C(C)(C)C)c(O)c(C(C)(C)C)c1)OC(=O)CCc1cc(C(C)(C)C)c(O)c(C(C)(C)C)c1. The molecule has 3 atom stereocenters. The minimum absolute atomic E-state index is 0.0819. The van der Waals surface area contributed by atoms with Crippen molar-refractivity contribution in [2.45, 2.75) is 306 Å². The molecule has 0 saturated heterocycles. The summed E-state index contributed by atoms with van der Waals surface area (Å²) in [6, 6.07) is 15.4. The fourth-order valence-corrected chi connectivity index (χ4v) is 11.2. The van der Waals surface area contributed by atoms with Crippen LogP contribution in [0.3, 0.4) is 0 Å². The number of hydrogen-bond acceptors (Lipinski definition) is 12. The van der Waals surface area contributed by atoms with E-state index in [1.165, 1.54) is 0 Å². The highest BCUT2D eigenvalue weighted by Gasteiger charge is 2.42. The Bertz CT molecular complexity index is 3010. The van der Waals surface area contributed by atoms with Crippen LogP contribution in [0.4, 0.5) is 0 Å². The molecule has 0 amide bonds. The maximum Gasteiger partial charge on any atom is 0.306 e. The fourth-order valence-electron chi connectivity index (χ4n) is 11.2. The molecule has 0 radical (unpaired) electrons. The molecule has 0 aliphatic carbocycles. The van der Waals surface area contributed by atoms with Crippen molar-refractivity contribution in [1.82, 2.24) is 0 Å². The van der Waals surface area contributed by atoms with Crippen LogP contribution in [0.1, 0.15) is 286 Å². The third-order valence-electron chi connectivity index (χ3n) is 16.4. The van der Waals surface area contributed by atoms with Crippen molar-refractivity contribution in [2.24, 2.45) is 5.41 Å².